The first kappa shape index (κ1) is 14.2. The van der Waals surface area contributed by atoms with Gasteiger partial charge in [0.25, 0.3) is 0 Å². The summed E-state index contributed by atoms with van der Waals surface area (Å²) in [4.78, 5) is 29.3. The molecule has 20 heavy (non-hydrogen) atoms. The lowest BCUT2D eigenvalue weighted by atomic mass is 9.98. The molecule has 0 aliphatic carbocycles. The van der Waals surface area contributed by atoms with E-state index < -0.39 is 0 Å². The van der Waals surface area contributed by atoms with Crippen LogP contribution in [0, 0.1) is 5.92 Å². The number of carbonyl (C=O) groups excluding carboxylic acids is 2. The molecule has 5 nitrogen and oxygen atoms in total. The van der Waals surface area contributed by atoms with E-state index in [0.717, 1.165) is 18.4 Å². The molecule has 0 saturated carbocycles. The number of aromatic nitrogens is 1. The fourth-order valence-electron chi connectivity index (χ4n) is 2.28. The number of methoxy groups -OCH3 is 1. The minimum atomic E-state index is -0.237. The van der Waals surface area contributed by atoms with E-state index in [0.29, 0.717) is 13.1 Å². The van der Waals surface area contributed by atoms with E-state index in [2.05, 4.69) is 4.98 Å². The maximum Gasteiger partial charge on any atom is 0.310 e. The second-order valence-electron chi connectivity index (χ2n) is 4.77. The van der Waals surface area contributed by atoms with Crippen molar-refractivity contribution in [1.82, 2.24) is 9.88 Å². The average Bonchev–Trinajstić information content (AvgIpc) is 2.53. The molecule has 5 heteroatoms. The average molecular weight is 274 g/mol. The van der Waals surface area contributed by atoms with Crippen molar-refractivity contribution in [3.8, 4) is 0 Å². The predicted octanol–water partition coefficient (Wildman–Crippen LogP) is 1.51. The Balaban J connectivity index is 1.95. The number of hydrogen-bond acceptors (Lipinski definition) is 4. The second kappa shape index (κ2) is 6.84. The van der Waals surface area contributed by atoms with E-state index in [1.54, 1.807) is 23.4 Å². The van der Waals surface area contributed by atoms with Gasteiger partial charge in [0.15, 0.2) is 0 Å². The van der Waals surface area contributed by atoms with Crippen molar-refractivity contribution in [2.24, 2.45) is 5.92 Å². The van der Waals surface area contributed by atoms with E-state index in [4.69, 9.17) is 4.74 Å². The topological polar surface area (TPSA) is 59.5 Å². The summed E-state index contributed by atoms with van der Waals surface area (Å²) in [6.45, 7) is 1.12. The molecule has 1 aliphatic rings. The van der Waals surface area contributed by atoms with Gasteiger partial charge in [0.1, 0.15) is 0 Å². The Kier molecular flexibility index (Phi) is 4.87. The van der Waals surface area contributed by atoms with Gasteiger partial charge in [-0.25, -0.2) is 0 Å². The van der Waals surface area contributed by atoms with Gasteiger partial charge < -0.3 is 9.64 Å². The molecule has 1 aliphatic heterocycles. The number of pyridine rings is 1. The van der Waals surface area contributed by atoms with Crippen molar-refractivity contribution >= 4 is 18.0 Å². The van der Waals surface area contributed by atoms with Crippen LogP contribution >= 0.6 is 0 Å². The lowest BCUT2D eigenvalue weighted by molar-refractivity contribution is -0.148. The quantitative estimate of drug-likeness (QED) is 0.619. The fourth-order valence-corrected chi connectivity index (χ4v) is 2.28. The maximum absolute atomic E-state index is 12.1. The SMILES string of the molecule is COC(=O)[C@H]1CCCN(C(=O)/C=C/c2cccnc2)C1. The zero-order chi connectivity index (χ0) is 14.4. The minimum Gasteiger partial charge on any atom is -0.469 e. The lowest BCUT2D eigenvalue weighted by Crippen LogP contribution is -2.41. The van der Waals surface area contributed by atoms with Crippen molar-refractivity contribution in [2.75, 3.05) is 20.2 Å². The number of carbonyl (C=O) groups is 2. The number of amides is 1. The first-order valence-corrected chi connectivity index (χ1v) is 6.65. The minimum absolute atomic E-state index is 0.0811. The Morgan fingerprint density at radius 1 is 1.50 bits per heavy atom. The summed E-state index contributed by atoms with van der Waals surface area (Å²) in [6, 6.07) is 3.70. The van der Waals surface area contributed by atoms with Crippen LogP contribution in [-0.2, 0) is 14.3 Å². The molecular formula is C15H18N2O3. The van der Waals surface area contributed by atoms with Gasteiger partial charge in [-0.2, -0.15) is 0 Å². The first-order chi connectivity index (χ1) is 9.70. The van der Waals surface area contributed by atoms with Crippen molar-refractivity contribution in [2.45, 2.75) is 12.8 Å². The second-order valence-corrected chi connectivity index (χ2v) is 4.77. The zero-order valence-corrected chi connectivity index (χ0v) is 11.5. The molecular weight excluding hydrogens is 256 g/mol. The number of hydrogen-bond donors (Lipinski definition) is 0. The highest BCUT2D eigenvalue weighted by Crippen LogP contribution is 2.18. The molecule has 0 aromatic carbocycles. The summed E-state index contributed by atoms with van der Waals surface area (Å²) in [5.74, 6) is -0.523. The Hall–Kier alpha value is -2.17. The van der Waals surface area contributed by atoms with Gasteiger partial charge in [0.2, 0.25) is 5.91 Å². The smallest absolute Gasteiger partial charge is 0.310 e. The Morgan fingerprint density at radius 2 is 2.35 bits per heavy atom. The molecule has 0 spiro atoms. The Morgan fingerprint density at radius 3 is 3.05 bits per heavy atom. The number of rotatable bonds is 3. The number of likely N-dealkylation sites (tertiary alicyclic amines) is 1. The molecule has 1 aromatic heterocycles. The van der Waals surface area contributed by atoms with Gasteiger partial charge >= 0.3 is 5.97 Å². The molecule has 0 N–H and O–H groups in total. The van der Waals surface area contributed by atoms with Gasteiger partial charge in [-0.05, 0) is 30.5 Å². The predicted molar refractivity (Wildman–Crippen MR) is 74.6 cm³/mol. The molecule has 1 atom stereocenters. The molecule has 1 amide bonds. The van der Waals surface area contributed by atoms with Crippen LogP contribution < -0.4 is 0 Å². The van der Waals surface area contributed by atoms with Crippen LogP contribution in [0.1, 0.15) is 18.4 Å². The Bertz CT molecular complexity index is 499. The van der Waals surface area contributed by atoms with Crippen molar-refractivity contribution < 1.29 is 14.3 Å². The van der Waals surface area contributed by atoms with Crippen LogP contribution in [0.15, 0.2) is 30.6 Å². The third-order valence-corrected chi connectivity index (χ3v) is 3.37. The number of esters is 1. The van der Waals surface area contributed by atoms with Crippen LogP contribution in [0.4, 0.5) is 0 Å². The van der Waals surface area contributed by atoms with Crippen molar-refractivity contribution in [3.05, 3.63) is 36.2 Å². The summed E-state index contributed by atoms with van der Waals surface area (Å²) in [7, 11) is 1.38. The number of nitrogens with zero attached hydrogens (tertiary/aromatic N) is 2. The summed E-state index contributed by atoms with van der Waals surface area (Å²) in [5.41, 5.74) is 0.877. The highest BCUT2D eigenvalue weighted by Gasteiger charge is 2.27. The summed E-state index contributed by atoms with van der Waals surface area (Å²) < 4.78 is 4.74. The van der Waals surface area contributed by atoms with Crippen LogP contribution in [0.25, 0.3) is 6.08 Å². The summed E-state index contributed by atoms with van der Waals surface area (Å²) in [6.07, 6.45) is 8.24. The maximum atomic E-state index is 12.1. The standard InChI is InChI=1S/C15H18N2O3/c1-20-15(19)13-5-3-9-17(11-13)14(18)7-6-12-4-2-8-16-10-12/h2,4,6-8,10,13H,3,5,9,11H2,1H3/b7-6+/t13-/m0/s1. The molecule has 0 unspecified atom stereocenters. The molecule has 1 saturated heterocycles. The first-order valence-electron chi connectivity index (χ1n) is 6.65. The molecule has 2 heterocycles. The fraction of sp³-hybridized carbons (Fsp3) is 0.400. The molecule has 106 valence electrons. The van der Waals surface area contributed by atoms with Crippen LogP contribution in [0.3, 0.4) is 0 Å². The van der Waals surface area contributed by atoms with E-state index in [-0.39, 0.29) is 17.8 Å². The molecule has 1 aromatic rings. The third kappa shape index (κ3) is 3.66. The number of ether oxygens (including phenoxy) is 1. The van der Waals surface area contributed by atoms with Crippen LogP contribution in [0.2, 0.25) is 0 Å². The third-order valence-electron chi connectivity index (χ3n) is 3.37. The van der Waals surface area contributed by atoms with E-state index >= 15 is 0 Å². The molecule has 1 fully saturated rings. The summed E-state index contributed by atoms with van der Waals surface area (Å²) >= 11 is 0. The molecule has 0 radical (unpaired) electrons. The van der Waals surface area contributed by atoms with Crippen LogP contribution in [-0.4, -0.2) is 42.0 Å². The van der Waals surface area contributed by atoms with Gasteiger partial charge in [-0.1, -0.05) is 6.07 Å². The van der Waals surface area contributed by atoms with Crippen LogP contribution in [0.5, 0.6) is 0 Å². The van der Waals surface area contributed by atoms with E-state index in [1.807, 2.05) is 12.1 Å². The van der Waals surface area contributed by atoms with E-state index in [1.165, 1.54) is 13.2 Å². The monoisotopic (exact) mass is 274 g/mol. The largest absolute Gasteiger partial charge is 0.469 e. The summed E-state index contributed by atoms with van der Waals surface area (Å²) in [5, 5.41) is 0. The highest BCUT2D eigenvalue weighted by atomic mass is 16.5. The lowest BCUT2D eigenvalue weighted by Gasteiger charge is -2.30. The number of piperidine rings is 1. The zero-order valence-electron chi connectivity index (χ0n) is 11.5. The molecule has 0 bridgehead atoms. The Labute approximate surface area is 118 Å². The molecule has 2 rings (SSSR count). The highest BCUT2D eigenvalue weighted by molar-refractivity contribution is 5.92. The van der Waals surface area contributed by atoms with Gasteiger partial charge in [-0.15, -0.1) is 0 Å². The van der Waals surface area contributed by atoms with Gasteiger partial charge in [0, 0.05) is 31.6 Å². The normalized spacial score (nSPS) is 19.1. The van der Waals surface area contributed by atoms with Crippen molar-refractivity contribution in [1.29, 1.82) is 0 Å². The van der Waals surface area contributed by atoms with Gasteiger partial charge in [0.05, 0.1) is 13.0 Å². The van der Waals surface area contributed by atoms with Crippen molar-refractivity contribution in [3.63, 3.8) is 0 Å². The van der Waals surface area contributed by atoms with E-state index in [9.17, 15) is 9.59 Å². The van der Waals surface area contributed by atoms with Gasteiger partial charge in [-0.3, -0.25) is 14.6 Å².